The van der Waals surface area contributed by atoms with E-state index >= 15 is 0 Å². The van der Waals surface area contributed by atoms with Crippen LogP contribution in [0.1, 0.15) is 5.56 Å². The summed E-state index contributed by atoms with van der Waals surface area (Å²) in [6.07, 6.45) is 0. The summed E-state index contributed by atoms with van der Waals surface area (Å²) in [4.78, 5) is 0. The topological polar surface area (TPSA) is 61.7 Å². The Labute approximate surface area is 105 Å². The third-order valence-electron chi connectivity index (χ3n) is 3.32. The zero-order valence-electron chi connectivity index (χ0n) is 10.7. The SMILES string of the molecule is Cc1c(-c2nn(C)c3ccccc23)nn(C)c1N. The van der Waals surface area contributed by atoms with Crippen molar-refractivity contribution < 1.29 is 0 Å². The Hall–Kier alpha value is -2.30. The van der Waals surface area contributed by atoms with E-state index in [4.69, 9.17) is 5.73 Å². The van der Waals surface area contributed by atoms with Crippen LogP contribution in [-0.2, 0) is 14.1 Å². The number of aromatic nitrogens is 4. The van der Waals surface area contributed by atoms with Crippen LogP contribution < -0.4 is 5.73 Å². The molecule has 0 aliphatic carbocycles. The predicted molar refractivity (Wildman–Crippen MR) is 72.1 cm³/mol. The molecule has 2 heterocycles. The Morgan fingerprint density at radius 2 is 1.67 bits per heavy atom. The minimum Gasteiger partial charge on any atom is -0.384 e. The Balaban J connectivity index is 2.35. The predicted octanol–water partition coefficient (Wildman–Crippen LogP) is 1.86. The number of nitrogens with two attached hydrogens (primary N) is 1. The van der Waals surface area contributed by atoms with E-state index in [1.807, 2.05) is 43.9 Å². The number of rotatable bonds is 1. The van der Waals surface area contributed by atoms with Gasteiger partial charge < -0.3 is 5.73 Å². The van der Waals surface area contributed by atoms with E-state index in [1.54, 1.807) is 4.68 Å². The normalized spacial score (nSPS) is 11.3. The monoisotopic (exact) mass is 241 g/mol. The van der Waals surface area contributed by atoms with Crippen LogP contribution in [0.15, 0.2) is 24.3 Å². The third-order valence-corrected chi connectivity index (χ3v) is 3.32. The van der Waals surface area contributed by atoms with Gasteiger partial charge in [-0.2, -0.15) is 10.2 Å². The van der Waals surface area contributed by atoms with E-state index in [0.717, 1.165) is 27.9 Å². The highest BCUT2D eigenvalue weighted by Gasteiger charge is 2.17. The molecule has 0 bridgehead atoms. The minimum absolute atomic E-state index is 0.680. The van der Waals surface area contributed by atoms with Crippen LogP contribution in [0.3, 0.4) is 0 Å². The van der Waals surface area contributed by atoms with Gasteiger partial charge >= 0.3 is 0 Å². The molecule has 5 heteroatoms. The maximum absolute atomic E-state index is 5.96. The summed E-state index contributed by atoms with van der Waals surface area (Å²) >= 11 is 0. The molecule has 0 spiro atoms. The molecular formula is C13H15N5. The molecule has 0 saturated heterocycles. The lowest BCUT2D eigenvalue weighted by Gasteiger charge is -1.94. The third kappa shape index (κ3) is 1.33. The first kappa shape index (κ1) is 10.8. The van der Waals surface area contributed by atoms with Crippen LogP contribution in [0.4, 0.5) is 5.82 Å². The van der Waals surface area contributed by atoms with Crippen molar-refractivity contribution in [3.8, 4) is 11.4 Å². The Morgan fingerprint density at radius 3 is 2.33 bits per heavy atom. The lowest BCUT2D eigenvalue weighted by Crippen LogP contribution is -1.97. The highest BCUT2D eigenvalue weighted by atomic mass is 15.3. The molecule has 0 atom stereocenters. The van der Waals surface area contributed by atoms with Crippen molar-refractivity contribution >= 4 is 16.7 Å². The second-order valence-electron chi connectivity index (χ2n) is 4.47. The second-order valence-corrected chi connectivity index (χ2v) is 4.47. The first-order valence-electron chi connectivity index (χ1n) is 5.80. The fourth-order valence-corrected chi connectivity index (χ4v) is 2.26. The second kappa shape index (κ2) is 3.60. The maximum Gasteiger partial charge on any atom is 0.124 e. The van der Waals surface area contributed by atoms with Gasteiger partial charge in [0.05, 0.1) is 5.52 Å². The number of hydrogen-bond acceptors (Lipinski definition) is 3. The van der Waals surface area contributed by atoms with Crippen molar-refractivity contribution in [3.05, 3.63) is 29.8 Å². The standard InChI is InChI=1S/C13H15N5/c1-8-11(15-18(3)13(8)14)12-9-6-4-5-7-10(9)17(2)16-12/h4-7H,14H2,1-3H3. The van der Waals surface area contributed by atoms with Crippen LogP contribution >= 0.6 is 0 Å². The number of nitrogens with zero attached hydrogens (tertiary/aromatic N) is 4. The molecule has 18 heavy (non-hydrogen) atoms. The Kier molecular flexibility index (Phi) is 2.16. The summed E-state index contributed by atoms with van der Waals surface area (Å²) in [6, 6.07) is 8.12. The summed E-state index contributed by atoms with van der Waals surface area (Å²) in [5.74, 6) is 0.680. The summed E-state index contributed by atoms with van der Waals surface area (Å²) in [6.45, 7) is 1.97. The largest absolute Gasteiger partial charge is 0.384 e. The van der Waals surface area contributed by atoms with E-state index in [-0.39, 0.29) is 0 Å². The molecule has 0 amide bonds. The smallest absolute Gasteiger partial charge is 0.124 e. The lowest BCUT2D eigenvalue weighted by molar-refractivity contribution is 0.772. The van der Waals surface area contributed by atoms with Crippen molar-refractivity contribution in [1.82, 2.24) is 19.6 Å². The molecule has 1 aromatic carbocycles. The first-order valence-corrected chi connectivity index (χ1v) is 5.80. The van der Waals surface area contributed by atoms with Gasteiger partial charge in [0.1, 0.15) is 17.2 Å². The fourth-order valence-electron chi connectivity index (χ4n) is 2.26. The number of hydrogen-bond donors (Lipinski definition) is 1. The van der Waals surface area contributed by atoms with Gasteiger partial charge in [-0.15, -0.1) is 0 Å². The maximum atomic E-state index is 5.96. The molecule has 5 nitrogen and oxygen atoms in total. The highest BCUT2D eigenvalue weighted by molar-refractivity contribution is 5.93. The molecule has 2 N–H and O–H groups in total. The molecule has 2 aromatic heterocycles. The number of para-hydroxylation sites is 1. The lowest BCUT2D eigenvalue weighted by atomic mass is 10.1. The number of nitrogen functional groups attached to an aromatic ring is 1. The Morgan fingerprint density at radius 1 is 1.00 bits per heavy atom. The zero-order valence-corrected chi connectivity index (χ0v) is 10.7. The Bertz CT molecular complexity index is 735. The average Bonchev–Trinajstić information content (AvgIpc) is 2.83. The van der Waals surface area contributed by atoms with E-state index in [1.165, 1.54) is 0 Å². The van der Waals surface area contributed by atoms with E-state index in [2.05, 4.69) is 16.3 Å². The van der Waals surface area contributed by atoms with E-state index in [9.17, 15) is 0 Å². The van der Waals surface area contributed by atoms with Crippen molar-refractivity contribution in [2.45, 2.75) is 6.92 Å². The van der Waals surface area contributed by atoms with Crippen LogP contribution in [0, 0.1) is 6.92 Å². The molecule has 0 aliphatic rings. The molecule has 3 rings (SSSR count). The molecule has 0 fully saturated rings. The summed E-state index contributed by atoms with van der Waals surface area (Å²) in [7, 11) is 3.78. The number of aryl methyl sites for hydroxylation is 2. The first-order chi connectivity index (χ1) is 8.59. The van der Waals surface area contributed by atoms with Crippen molar-refractivity contribution in [2.24, 2.45) is 14.1 Å². The van der Waals surface area contributed by atoms with Crippen molar-refractivity contribution in [2.75, 3.05) is 5.73 Å². The van der Waals surface area contributed by atoms with Gasteiger partial charge in [0.2, 0.25) is 0 Å². The molecule has 0 radical (unpaired) electrons. The minimum atomic E-state index is 0.680. The van der Waals surface area contributed by atoms with Crippen LogP contribution in [-0.4, -0.2) is 19.6 Å². The van der Waals surface area contributed by atoms with Crippen molar-refractivity contribution in [1.29, 1.82) is 0 Å². The average molecular weight is 241 g/mol. The zero-order chi connectivity index (χ0) is 12.9. The number of anilines is 1. The van der Waals surface area contributed by atoms with Crippen molar-refractivity contribution in [3.63, 3.8) is 0 Å². The quantitative estimate of drug-likeness (QED) is 0.707. The van der Waals surface area contributed by atoms with Crippen LogP contribution in [0.25, 0.3) is 22.3 Å². The van der Waals surface area contributed by atoms with Gasteiger partial charge in [-0.3, -0.25) is 9.36 Å². The van der Waals surface area contributed by atoms with Gasteiger partial charge in [0.25, 0.3) is 0 Å². The molecular weight excluding hydrogens is 226 g/mol. The fraction of sp³-hybridized carbons (Fsp3) is 0.231. The summed E-state index contributed by atoms with van der Waals surface area (Å²) in [5, 5.41) is 10.1. The number of fused-ring (bicyclic) bond motifs is 1. The van der Waals surface area contributed by atoms with Gasteiger partial charge in [-0.05, 0) is 13.0 Å². The molecule has 92 valence electrons. The summed E-state index contributed by atoms with van der Waals surface area (Å²) in [5.41, 5.74) is 9.76. The van der Waals surface area contributed by atoms with Gasteiger partial charge in [0.15, 0.2) is 0 Å². The highest BCUT2D eigenvalue weighted by Crippen LogP contribution is 2.30. The van der Waals surface area contributed by atoms with Gasteiger partial charge in [0, 0.05) is 25.0 Å². The molecule has 0 aliphatic heterocycles. The number of benzene rings is 1. The van der Waals surface area contributed by atoms with Gasteiger partial charge in [-0.1, -0.05) is 18.2 Å². The van der Waals surface area contributed by atoms with Gasteiger partial charge in [-0.25, -0.2) is 0 Å². The van der Waals surface area contributed by atoms with Crippen LogP contribution in [0.5, 0.6) is 0 Å². The molecule has 3 aromatic rings. The van der Waals surface area contributed by atoms with Crippen LogP contribution in [0.2, 0.25) is 0 Å². The molecule has 0 unspecified atom stereocenters. The summed E-state index contributed by atoms with van der Waals surface area (Å²) < 4.78 is 3.56. The molecule has 0 saturated carbocycles. The van der Waals surface area contributed by atoms with E-state index in [0.29, 0.717) is 5.82 Å². The van der Waals surface area contributed by atoms with E-state index < -0.39 is 0 Å².